The molecule has 0 aliphatic rings. The number of halogens is 1. The summed E-state index contributed by atoms with van der Waals surface area (Å²) in [5, 5.41) is 0. The summed E-state index contributed by atoms with van der Waals surface area (Å²) < 4.78 is 14.5. The number of benzene rings is 1. The largest absolute Gasteiger partial charge is 0.268 e. The van der Waals surface area contributed by atoms with Gasteiger partial charge in [0.1, 0.15) is 11.5 Å². The summed E-state index contributed by atoms with van der Waals surface area (Å²) in [6, 6.07) is 9.51. The van der Waals surface area contributed by atoms with E-state index in [0.717, 1.165) is 0 Å². The van der Waals surface area contributed by atoms with Crippen LogP contribution in [0.4, 0.5) is 4.39 Å². The zero-order chi connectivity index (χ0) is 15.5. The van der Waals surface area contributed by atoms with Crippen molar-refractivity contribution in [2.45, 2.75) is 0 Å². The molecule has 0 aliphatic carbocycles. The first-order chi connectivity index (χ1) is 10.7. The van der Waals surface area contributed by atoms with Crippen molar-refractivity contribution in [1.29, 1.82) is 0 Å². The van der Waals surface area contributed by atoms with Gasteiger partial charge in [-0.3, -0.25) is 9.20 Å². The van der Waals surface area contributed by atoms with Crippen molar-refractivity contribution in [3.05, 3.63) is 88.2 Å². The Morgan fingerprint density at radius 3 is 2.68 bits per heavy atom. The lowest BCUT2D eigenvalue weighted by Gasteiger charge is -2.01. The number of fused-ring (bicyclic) bond motifs is 1. The number of pyridine rings is 1. The van der Waals surface area contributed by atoms with Gasteiger partial charge in [0.05, 0.1) is 5.56 Å². The van der Waals surface area contributed by atoms with Crippen LogP contribution >= 0.6 is 0 Å². The molecule has 22 heavy (non-hydrogen) atoms. The van der Waals surface area contributed by atoms with E-state index < -0.39 is 0 Å². The summed E-state index contributed by atoms with van der Waals surface area (Å²) in [5.41, 5.74) is 2.05. The Balaban J connectivity index is 2.04. The molecule has 0 radical (unpaired) electrons. The van der Waals surface area contributed by atoms with Gasteiger partial charge in [-0.05, 0) is 30.3 Å². The van der Waals surface area contributed by atoms with Crippen LogP contribution in [0, 0.1) is 17.7 Å². The van der Waals surface area contributed by atoms with E-state index in [1.807, 2.05) is 0 Å². The average Bonchev–Trinajstić information content (AvgIpc) is 2.53. The first-order valence-corrected chi connectivity index (χ1v) is 6.59. The van der Waals surface area contributed by atoms with Crippen molar-refractivity contribution in [2.24, 2.45) is 0 Å². The van der Waals surface area contributed by atoms with Crippen molar-refractivity contribution >= 4 is 11.7 Å². The fourth-order valence-electron chi connectivity index (χ4n) is 2.02. The minimum Gasteiger partial charge on any atom is -0.268 e. The normalized spacial score (nSPS) is 10.0. The second-order valence-electron chi connectivity index (χ2n) is 4.63. The predicted molar refractivity (Wildman–Crippen MR) is 83.9 cm³/mol. The molecule has 3 nitrogen and oxygen atoms in total. The van der Waals surface area contributed by atoms with Gasteiger partial charge in [0, 0.05) is 23.5 Å². The summed E-state index contributed by atoms with van der Waals surface area (Å²) in [4.78, 5) is 16.3. The first-order valence-electron chi connectivity index (χ1n) is 6.59. The van der Waals surface area contributed by atoms with Crippen molar-refractivity contribution in [3.8, 4) is 11.8 Å². The Morgan fingerprint density at radius 2 is 1.95 bits per heavy atom. The highest BCUT2D eigenvalue weighted by Gasteiger charge is 2.02. The van der Waals surface area contributed by atoms with Gasteiger partial charge < -0.3 is 0 Å². The third-order valence-corrected chi connectivity index (χ3v) is 3.13. The van der Waals surface area contributed by atoms with Gasteiger partial charge in [-0.1, -0.05) is 30.6 Å². The molecule has 2 heterocycles. The van der Waals surface area contributed by atoms with Crippen LogP contribution in [0.5, 0.6) is 0 Å². The smallest absolute Gasteiger partial charge is 0.265 e. The molecule has 3 rings (SSSR count). The van der Waals surface area contributed by atoms with Crippen molar-refractivity contribution in [3.63, 3.8) is 0 Å². The molecule has 0 saturated heterocycles. The second-order valence-corrected chi connectivity index (χ2v) is 4.63. The standard InChI is InChI=1S/C18H11FN2O/c1-2-15-12-20-17-11-14(8-9-21(17)18(15)22)7-6-13-4-3-5-16(19)10-13/h2-5,8-12H,1H2. The lowest BCUT2D eigenvalue weighted by atomic mass is 10.2. The fourth-order valence-corrected chi connectivity index (χ4v) is 2.02. The summed E-state index contributed by atoms with van der Waals surface area (Å²) in [5.74, 6) is 5.49. The molecule has 0 N–H and O–H groups in total. The second kappa shape index (κ2) is 5.66. The molecule has 0 saturated carbocycles. The predicted octanol–water partition coefficient (Wildman–Crippen LogP) is 2.88. The summed E-state index contributed by atoms with van der Waals surface area (Å²) in [7, 11) is 0. The average molecular weight is 290 g/mol. The molecule has 0 amide bonds. The van der Waals surface area contributed by atoms with E-state index in [0.29, 0.717) is 22.3 Å². The van der Waals surface area contributed by atoms with E-state index in [4.69, 9.17) is 0 Å². The molecule has 0 aliphatic heterocycles. The molecule has 0 atom stereocenters. The lowest BCUT2D eigenvalue weighted by molar-refractivity contribution is 0.627. The SMILES string of the molecule is C=Cc1cnc2cc(C#Cc3cccc(F)c3)ccn2c1=O. The summed E-state index contributed by atoms with van der Waals surface area (Å²) in [6.07, 6.45) is 4.57. The van der Waals surface area contributed by atoms with E-state index in [1.54, 1.807) is 30.5 Å². The fraction of sp³-hybridized carbons (Fsp3) is 0. The monoisotopic (exact) mass is 290 g/mol. The zero-order valence-corrected chi connectivity index (χ0v) is 11.6. The van der Waals surface area contributed by atoms with E-state index in [1.165, 1.54) is 28.8 Å². The molecule has 1 aromatic carbocycles. The molecular weight excluding hydrogens is 279 g/mol. The maximum Gasteiger partial charge on any atom is 0.265 e. The molecule has 4 heteroatoms. The Labute approximate surface area is 126 Å². The minimum absolute atomic E-state index is 0.176. The first kappa shape index (κ1) is 13.8. The Morgan fingerprint density at radius 1 is 1.18 bits per heavy atom. The van der Waals surface area contributed by atoms with Crippen molar-refractivity contribution in [2.75, 3.05) is 0 Å². The number of rotatable bonds is 1. The molecule has 0 fully saturated rings. The minimum atomic E-state index is -0.324. The maximum atomic E-state index is 13.1. The molecule has 2 aromatic heterocycles. The van der Waals surface area contributed by atoms with Gasteiger partial charge in [-0.2, -0.15) is 0 Å². The number of hydrogen-bond donors (Lipinski definition) is 0. The van der Waals surface area contributed by atoms with E-state index >= 15 is 0 Å². The summed E-state index contributed by atoms with van der Waals surface area (Å²) >= 11 is 0. The van der Waals surface area contributed by atoms with Crippen LogP contribution in [-0.2, 0) is 0 Å². The Kier molecular flexibility index (Phi) is 3.55. The van der Waals surface area contributed by atoms with Gasteiger partial charge in [-0.15, -0.1) is 0 Å². The van der Waals surface area contributed by atoms with Crippen LogP contribution in [0.2, 0.25) is 0 Å². The van der Waals surface area contributed by atoms with E-state index in [2.05, 4.69) is 23.4 Å². The van der Waals surface area contributed by atoms with Crippen LogP contribution in [0.1, 0.15) is 16.7 Å². The van der Waals surface area contributed by atoms with Crippen molar-refractivity contribution < 1.29 is 4.39 Å². The molecule has 0 spiro atoms. The highest BCUT2D eigenvalue weighted by molar-refractivity contribution is 5.52. The molecule has 0 unspecified atom stereocenters. The van der Waals surface area contributed by atoms with Crippen LogP contribution < -0.4 is 5.56 Å². The van der Waals surface area contributed by atoms with Gasteiger partial charge in [0.2, 0.25) is 0 Å². The topological polar surface area (TPSA) is 34.4 Å². The van der Waals surface area contributed by atoms with Gasteiger partial charge in [0.25, 0.3) is 5.56 Å². The molecule has 106 valence electrons. The van der Waals surface area contributed by atoms with Crippen LogP contribution in [0.25, 0.3) is 11.7 Å². The zero-order valence-electron chi connectivity index (χ0n) is 11.6. The highest BCUT2D eigenvalue weighted by Crippen LogP contribution is 2.05. The third kappa shape index (κ3) is 2.65. The Hall–Kier alpha value is -3.19. The third-order valence-electron chi connectivity index (χ3n) is 3.13. The highest BCUT2D eigenvalue weighted by atomic mass is 19.1. The summed E-state index contributed by atoms with van der Waals surface area (Å²) in [6.45, 7) is 3.58. The maximum absolute atomic E-state index is 13.1. The molecule has 0 bridgehead atoms. The molecular formula is C18H11FN2O. The van der Waals surface area contributed by atoms with Crippen LogP contribution in [-0.4, -0.2) is 9.38 Å². The van der Waals surface area contributed by atoms with E-state index in [-0.39, 0.29) is 11.4 Å². The van der Waals surface area contributed by atoms with Gasteiger partial charge in [0.15, 0.2) is 0 Å². The van der Waals surface area contributed by atoms with Crippen LogP contribution in [0.3, 0.4) is 0 Å². The van der Waals surface area contributed by atoms with Gasteiger partial charge in [-0.25, -0.2) is 9.37 Å². The number of nitrogens with zero attached hydrogens (tertiary/aromatic N) is 2. The lowest BCUT2D eigenvalue weighted by Crippen LogP contribution is -2.16. The Bertz CT molecular complexity index is 993. The molecule has 3 aromatic rings. The number of aromatic nitrogens is 2. The van der Waals surface area contributed by atoms with E-state index in [9.17, 15) is 9.18 Å². The van der Waals surface area contributed by atoms with Crippen molar-refractivity contribution in [1.82, 2.24) is 9.38 Å². The quantitative estimate of drug-likeness (QED) is 0.646. The van der Waals surface area contributed by atoms with Gasteiger partial charge >= 0.3 is 0 Å². The van der Waals surface area contributed by atoms with Crippen LogP contribution in [0.15, 0.2) is 60.2 Å². The number of hydrogen-bond acceptors (Lipinski definition) is 2.